The Hall–Kier alpha value is -2.95. The first-order valence-corrected chi connectivity index (χ1v) is 8.43. The topological polar surface area (TPSA) is 98.8 Å². The molecule has 8 nitrogen and oxygen atoms in total. The molecule has 8 heteroatoms. The lowest BCUT2D eigenvalue weighted by Gasteiger charge is -2.35. The Bertz CT molecular complexity index is 690. The number of piperazine rings is 1. The number of hydrogen-bond acceptors (Lipinski definition) is 6. The lowest BCUT2D eigenvalue weighted by Crippen LogP contribution is -2.48. The third-order valence-corrected chi connectivity index (χ3v) is 3.65. The van der Waals surface area contributed by atoms with Gasteiger partial charge in [-0.1, -0.05) is 0 Å². The number of amides is 2. The SMILES string of the molecule is CC(C)(C)OC(=O)N1CCN(/C=C(/C#N)C(=O)NCc2ccco2)CC1. The summed E-state index contributed by atoms with van der Waals surface area (Å²) in [6.45, 7) is 7.68. The largest absolute Gasteiger partial charge is 0.467 e. The second kappa shape index (κ2) is 8.43. The maximum absolute atomic E-state index is 12.1. The fourth-order valence-corrected chi connectivity index (χ4v) is 2.36. The van der Waals surface area contributed by atoms with Crippen LogP contribution >= 0.6 is 0 Å². The Balaban J connectivity index is 1.85. The number of hydrogen-bond donors (Lipinski definition) is 1. The van der Waals surface area contributed by atoms with Crippen LogP contribution in [0.2, 0.25) is 0 Å². The van der Waals surface area contributed by atoms with Crippen molar-refractivity contribution in [2.45, 2.75) is 32.9 Å². The van der Waals surface area contributed by atoms with Crippen LogP contribution in [0.5, 0.6) is 0 Å². The summed E-state index contributed by atoms with van der Waals surface area (Å²) in [6.07, 6.45) is 2.70. The first-order valence-electron chi connectivity index (χ1n) is 8.43. The number of nitrogens with one attached hydrogen (secondary N) is 1. The summed E-state index contributed by atoms with van der Waals surface area (Å²) >= 11 is 0. The maximum atomic E-state index is 12.1. The first kappa shape index (κ1) is 19.4. The van der Waals surface area contributed by atoms with E-state index >= 15 is 0 Å². The van der Waals surface area contributed by atoms with Crippen molar-refractivity contribution in [1.29, 1.82) is 5.26 Å². The second-order valence-corrected chi connectivity index (χ2v) is 6.92. The highest BCUT2D eigenvalue weighted by Gasteiger charge is 2.25. The highest BCUT2D eigenvalue weighted by molar-refractivity contribution is 5.97. The number of furan rings is 1. The van der Waals surface area contributed by atoms with Crippen LogP contribution in [0.1, 0.15) is 26.5 Å². The van der Waals surface area contributed by atoms with Crippen molar-refractivity contribution in [3.8, 4) is 6.07 Å². The van der Waals surface area contributed by atoms with Crippen molar-refractivity contribution in [2.75, 3.05) is 26.2 Å². The van der Waals surface area contributed by atoms with Crippen molar-refractivity contribution in [3.63, 3.8) is 0 Å². The van der Waals surface area contributed by atoms with Crippen LogP contribution in [0, 0.1) is 11.3 Å². The lowest BCUT2D eigenvalue weighted by molar-refractivity contribution is -0.117. The van der Waals surface area contributed by atoms with Gasteiger partial charge in [-0.25, -0.2) is 4.79 Å². The number of ether oxygens (including phenoxy) is 1. The zero-order chi connectivity index (χ0) is 19.2. The molecule has 26 heavy (non-hydrogen) atoms. The van der Waals surface area contributed by atoms with Gasteiger partial charge in [0.1, 0.15) is 23.0 Å². The highest BCUT2D eigenvalue weighted by Crippen LogP contribution is 2.12. The minimum absolute atomic E-state index is 0.0160. The Morgan fingerprint density at radius 3 is 2.58 bits per heavy atom. The van der Waals surface area contributed by atoms with Gasteiger partial charge in [0.2, 0.25) is 0 Å². The monoisotopic (exact) mass is 360 g/mol. The minimum Gasteiger partial charge on any atom is -0.467 e. The molecule has 0 saturated carbocycles. The third-order valence-electron chi connectivity index (χ3n) is 3.65. The van der Waals surface area contributed by atoms with Crippen LogP contribution < -0.4 is 5.32 Å². The Morgan fingerprint density at radius 1 is 1.35 bits per heavy atom. The second-order valence-electron chi connectivity index (χ2n) is 6.92. The standard InChI is InChI=1S/C18H24N4O4/c1-18(2,3)26-17(24)22-8-6-21(7-9-22)13-14(11-19)16(23)20-12-15-5-4-10-25-15/h4-5,10,13H,6-9,12H2,1-3H3,(H,20,23)/b14-13-. The minimum atomic E-state index is -0.534. The van der Waals surface area contributed by atoms with E-state index in [4.69, 9.17) is 9.15 Å². The van der Waals surface area contributed by atoms with Gasteiger partial charge >= 0.3 is 6.09 Å². The fourth-order valence-electron chi connectivity index (χ4n) is 2.36. The Kier molecular flexibility index (Phi) is 6.28. The molecule has 1 aromatic heterocycles. The van der Waals surface area contributed by atoms with E-state index in [1.165, 1.54) is 12.5 Å². The van der Waals surface area contributed by atoms with Crippen molar-refractivity contribution >= 4 is 12.0 Å². The molecule has 0 aliphatic carbocycles. The lowest BCUT2D eigenvalue weighted by atomic mass is 10.2. The average Bonchev–Trinajstić information content (AvgIpc) is 3.10. The van der Waals surface area contributed by atoms with Crippen molar-refractivity contribution < 1.29 is 18.7 Å². The molecule has 0 spiro atoms. The van der Waals surface area contributed by atoms with E-state index in [-0.39, 0.29) is 18.2 Å². The third kappa shape index (κ3) is 5.84. The molecule has 0 bridgehead atoms. The molecule has 0 unspecified atom stereocenters. The Labute approximate surface area is 153 Å². The van der Waals surface area contributed by atoms with Crippen LogP contribution in [0.3, 0.4) is 0 Å². The summed E-state index contributed by atoms with van der Waals surface area (Å²) in [7, 11) is 0. The summed E-state index contributed by atoms with van der Waals surface area (Å²) in [5, 5.41) is 11.9. The van der Waals surface area contributed by atoms with Crippen LogP contribution in [-0.4, -0.2) is 53.6 Å². The van der Waals surface area contributed by atoms with E-state index in [1.807, 2.05) is 31.7 Å². The van der Waals surface area contributed by atoms with E-state index < -0.39 is 11.5 Å². The number of nitriles is 1. The van der Waals surface area contributed by atoms with Gasteiger partial charge in [0, 0.05) is 32.4 Å². The molecule has 2 heterocycles. The fraction of sp³-hybridized carbons (Fsp3) is 0.500. The Morgan fingerprint density at radius 2 is 2.04 bits per heavy atom. The number of carbonyl (C=O) groups excluding carboxylic acids is 2. The number of rotatable bonds is 4. The van der Waals surface area contributed by atoms with Crippen LogP contribution in [0.4, 0.5) is 4.79 Å². The average molecular weight is 360 g/mol. The van der Waals surface area contributed by atoms with E-state index in [1.54, 1.807) is 17.0 Å². The van der Waals surface area contributed by atoms with Crippen molar-refractivity contribution in [2.24, 2.45) is 0 Å². The van der Waals surface area contributed by atoms with Gasteiger partial charge in [-0.2, -0.15) is 5.26 Å². The van der Waals surface area contributed by atoms with E-state index in [0.717, 1.165) is 0 Å². The molecule has 1 aliphatic heterocycles. The molecule has 1 N–H and O–H groups in total. The van der Waals surface area contributed by atoms with Gasteiger partial charge in [-0.15, -0.1) is 0 Å². The number of nitrogens with zero attached hydrogens (tertiary/aromatic N) is 3. The van der Waals surface area contributed by atoms with Gasteiger partial charge in [-0.3, -0.25) is 4.79 Å². The zero-order valence-electron chi connectivity index (χ0n) is 15.3. The van der Waals surface area contributed by atoms with Crippen LogP contribution in [-0.2, 0) is 16.1 Å². The molecule has 0 atom stereocenters. The van der Waals surface area contributed by atoms with Gasteiger partial charge in [-0.05, 0) is 32.9 Å². The molecule has 1 saturated heterocycles. The molecule has 140 valence electrons. The van der Waals surface area contributed by atoms with E-state index in [9.17, 15) is 14.9 Å². The summed E-state index contributed by atoms with van der Waals surface area (Å²) in [5.74, 6) is 0.153. The predicted molar refractivity (Wildman–Crippen MR) is 93.6 cm³/mol. The van der Waals surface area contributed by atoms with E-state index in [2.05, 4.69) is 5.32 Å². The van der Waals surface area contributed by atoms with Crippen molar-refractivity contribution in [1.82, 2.24) is 15.1 Å². The molecule has 0 aromatic carbocycles. The van der Waals surface area contributed by atoms with Gasteiger partial charge < -0.3 is 24.3 Å². The molecular formula is C18H24N4O4. The number of carbonyl (C=O) groups is 2. The summed E-state index contributed by atoms with van der Waals surface area (Å²) < 4.78 is 10.5. The van der Waals surface area contributed by atoms with E-state index in [0.29, 0.717) is 31.9 Å². The molecular weight excluding hydrogens is 336 g/mol. The summed E-state index contributed by atoms with van der Waals surface area (Å²) in [6, 6.07) is 5.39. The van der Waals surface area contributed by atoms with Gasteiger partial charge in [0.25, 0.3) is 5.91 Å². The molecule has 0 radical (unpaired) electrons. The molecule has 1 aromatic rings. The predicted octanol–water partition coefficient (Wildman–Crippen LogP) is 1.86. The smallest absolute Gasteiger partial charge is 0.410 e. The van der Waals surface area contributed by atoms with Crippen molar-refractivity contribution in [3.05, 3.63) is 35.9 Å². The molecule has 2 rings (SSSR count). The summed E-state index contributed by atoms with van der Waals surface area (Å²) in [5.41, 5.74) is -0.518. The highest BCUT2D eigenvalue weighted by atomic mass is 16.6. The summed E-state index contributed by atoms with van der Waals surface area (Å²) in [4.78, 5) is 27.6. The zero-order valence-corrected chi connectivity index (χ0v) is 15.3. The molecule has 1 fully saturated rings. The maximum Gasteiger partial charge on any atom is 0.410 e. The van der Waals surface area contributed by atoms with Gasteiger partial charge in [0.05, 0.1) is 12.8 Å². The van der Waals surface area contributed by atoms with Crippen LogP contribution in [0.25, 0.3) is 0 Å². The normalized spacial score (nSPS) is 15.4. The molecule has 1 aliphatic rings. The van der Waals surface area contributed by atoms with Crippen LogP contribution in [0.15, 0.2) is 34.6 Å². The van der Waals surface area contributed by atoms with Gasteiger partial charge in [0.15, 0.2) is 0 Å². The molecule has 2 amide bonds. The quantitative estimate of drug-likeness (QED) is 0.650. The first-order chi connectivity index (χ1) is 12.3.